The lowest BCUT2D eigenvalue weighted by Crippen LogP contribution is -2.52. The van der Waals surface area contributed by atoms with E-state index in [1.165, 1.54) is 4.90 Å². The number of aryl methyl sites for hydroxylation is 1. The highest BCUT2D eigenvalue weighted by Crippen LogP contribution is 2.25. The van der Waals surface area contributed by atoms with Gasteiger partial charge in [-0.3, -0.25) is 13.9 Å². The first-order valence-electron chi connectivity index (χ1n) is 11.1. The van der Waals surface area contributed by atoms with Crippen LogP contribution in [-0.2, 0) is 26.2 Å². The zero-order chi connectivity index (χ0) is 24.8. The zero-order valence-corrected chi connectivity index (χ0v) is 21.1. The summed E-state index contributed by atoms with van der Waals surface area (Å²) in [7, 11) is -3.74. The molecule has 0 aliphatic carbocycles. The van der Waals surface area contributed by atoms with Crippen LogP contribution in [0.1, 0.15) is 43.9 Å². The van der Waals surface area contributed by atoms with E-state index in [1.54, 1.807) is 19.1 Å². The molecule has 0 fully saturated rings. The lowest BCUT2D eigenvalue weighted by Gasteiger charge is -2.32. The van der Waals surface area contributed by atoms with Crippen molar-refractivity contribution < 1.29 is 18.0 Å². The molecule has 180 valence electrons. The van der Waals surface area contributed by atoms with Gasteiger partial charge in [0.15, 0.2) is 0 Å². The lowest BCUT2D eigenvalue weighted by molar-refractivity contribution is -0.139. The molecular formula is C25H35N3O4S. The number of amides is 2. The van der Waals surface area contributed by atoms with Gasteiger partial charge in [0.2, 0.25) is 21.8 Å². The Morgan fingerprint density at radius 3 is 2.21 bits per heavy atom. The number of sulfonamides is 1. The van der Waals surface area contributed by atoms with Gasteiger partial charge in [-0.25, -0.2) is 8.42 Å². The van der Waals surface area contributed by atoms with E-state index in [9.17, 15) is 18.0 Å². The van der Waals surface area contributed by atoms with Gasteiger partial charge in [0, 0.05) is 12.6 Å². The van der Waals surface area contributed by atoms with E-state index in [0.29, 0.717) is 5.69 Å². The van der Waals surface area contributed by atoms with Crippen molar-refractivity contribution in [2.24, 2.45) is 0 Å². The Bertz CT molecular complexity index is 1070. The van der Waals surface area contributed by atoms with Crippen LogP contribution in [0.5, 0.6) is 0 Å². The summed E-state index contributed by atoms with van der Waals surface area (Å²) in [6, 6.07) is 13.9. The summed E-state index contributed by atoms with van der Waals surface area (Å²) in [4.78, 5) is 27.8. The van der Waals surface area contributed by atoms with E-state index in [4.69, 9.17) is 0 Å². The molecule has 8 heteroatoms. The molecule has 0 aliphatic rings. The Labute approximate surface area is 197 Å². The molecule has 0 bridgehead atoms. The van der Waals surface area contributed by atoms with Crippen LogP contribution in [0.4, 0.5) is 5.69 Å². The van der Waals surface area contributed by atoms with Gasteiger partial charge in [0.1, 0.15) is 12.6 Å². The number of carbonyl (C=O) groups excluding carboxylic acids is 2. The van der Waals surface area contributed by atoms with Crippen molar-refractivity contribution >= 4 is 27.5 Å². The average Bonchev–Trinajstić information content (AvgIpc) is 2.77. The molecule has 0 aromatic heterocycles. The predicted octanol–water partition coefficient (Wildman–Crippen LogP) is 3.40. The molecule has 1 N–H and O–H groups in total. The van der Waals surface area contributed by atoms with E-state index >= 15 is 0 Å². The minimum atomic E-state index is -3.74. The standard InChI is InChI=1S/C25H35N3O4S/c1-7-19(3)26-25(30)21(5)27(16-22-13-9-8-10-14-22)24(29)17-28(33(6,31)32)23-15-11-12-18(2)20(23)4/h8-15,19,21H,7,16-17H2,1-6H3,(H,26,30). The number of hydrogen-bond donors (Lipinski definition) is 1. The van der Waals surface area contributed by atoms with Crippen molar-refractivity contribution in [3.05, 3.63) is 65.2 Å². The fraction of sp³-hybridized carbons (Fsp3) is 0.440. The van der Waals surface area contributed by atoms with Gasteiger partial charge in [-0.15, -0.1) is 0 Å². The van der Waals surface area contributed by atoms with Crippen LogP contribution in [0.25, 0.3) is 0 Å². The third kappa shape index (κ3) is 7.05. The number of nitrogens with one attached hydrogen (secondary N) is 1. The Kier molecular flexibility index (Phi) is 9.05. The van der Waals surface area contributed by atoms with E-state index in [-0.39, 0.29) is 18.5 Å². The molecule has 0 saturated carbocycles. The van der Waals surface area contributed by atoms with Crippen LogP contribution in [0.3, 0.4) is 0 Å². The molecule has 0 spiro atoms. The molecule has 7 nitrogen and oxygen atoms in total. The van der Waals surface area contributed by atoms with Crippen LogP contribution < -0.4 is 9.62 Å². The van der Waals surface area contributed by atoms with Crippen LogP contribution in [0.15, 0.2) is 48.5 Å². The van der Waals surface area contributed by atoms with Crippen molar-refractivity contribution in [1.82, 2.24) is 10.2 Å². The van der Waals surface area contributed by atoms with Crippen molar-refractivity contribution in [2.75, 3.05) is 17.1 Å². The molecule has 2 unspecified atom stereocenters. The van der Waals surface area contributed by atoms with E-state index in [0.717, 1.165) is 33.7 Å². The summed E-state index contributed by atoms with van der Waals surface area (Å²) in [5, 5.41) is 2.92. The molecule has 0 heterocycles. The lowest BCUT2D eigenvalue weighted by atomic mass is 10.1. The summed E-state index contributed by atoms with van der Waals surface area (Å²) in [6.07, 6.45) is 1.85. The Morgan fingerprint density at radius 1 is 1.00 bits per heavy atom. The molecule has 0 radical (unpaired) electrons. The number of rotatable bonds is 10. The maximum atomic E-state index is 13.5. The molecule has 2 atom stereocenters. The topological polar surface area (TPSA) is 86.8 Å². The first-order chi connectivity index (χ1) is 15.5. The molecule has 2 amide bonds. The minimum Gasteiger partial charge on any atom is -0.352 e. The summed E-state index contributed by atoms with van der Waals surface area (Å²) >= 11 is 0. The monoisotopic (exact) mass is 473 g/mol. The van der Waals surface area contributed by atoms with Crippen LogP contribution >= 0.6 is 0 Å². The Balaban J connectivity index is 2.40. The minimum absolute atomic E-state index is 0.0314. The van der Waals surface area contributed by atoms with Crippen molar-refractivity contribution in [3.8, 4) is 0 Å². The van der Waals surface area contributed by atoms with Crippen molar-refractivity contribution in [2.45, 2.75) is 59.7 Å². The molecule has 2 aromatic rings. The Hall–Kier alpha value is -2.87. The summed E-state index contributed by atoms with van der Waals surface area (Å²) in [6.45, 7) is 9.06. The van der Waals surface area contributed by atoms with Gasteiger partial charge in [-0.05, 0) is 56.9 Å². The van der Waals surface area contributed by atoms with Gasteiger partial charge in [-0.1, -0.05) is 49.4 Å². The van der Waals surface area contributed by atoms with Gasteiger partial charge in [-0.2, -0.15) is 0 Å². The second-order valence-corrected chi connectivity index (χ2v) is 10.4. The molecule has 0 saturated heterocycles. The molecule has 2 rings (SSSR count). The van der Waals surface area contributed by atoms with Gasteiger partial charge in [0.25, 0.3) is 0 Å². The largest absolute Gasteiger partial charge is 0.352 e. The van der Waals surface area contributed by atoms with Crippen LogP contribution in [0.2, 0.25) is 0 Å². The third-order valence-corrected chi connectivity index (χ3v) is 7.01. The fourth-order valence-electron chi connectivity index (χ4n) is 3.43. The highest BCUT2D eigenvalue weighted by molar-refractivity contribution is 7.92. The first kappa shape index (κ1) is 26.4. The maximum Gasteiger partial charge on any atom is 0.244 e. The summed E-state index contributed by atoms with van der Waals surface area (Å²) in [5.74, 6) is -0.719. The van der Waals surface area contributed by atoms with Crippen LogP contribution in [-0.4, -0.2) is 50.0 Å². The van der Waals surface area contributed by atoms with Crippen molar-refractivity contribution in [1.29, 1.82) is 0 Å². The highest BCUT2D eigenvalue weighted by atomic mass is 32.2. The van der Waals surface area contributed by atoms with Gasteiger partial charge < -0.3 is 10.2 Å². The average molecular weight is 474 g/mol. The molecular weight excluding hydrogens is 438 g/mol. The maximum absolute atomic E-state index is 13.5. The molecule has 2 aromatic carbocycles. The zero-order valence-electron chi connectivity index (χ0n) is 20.3. The smallest absolute Gasteiger partial charge is 0.244 e. The quantitative estimate of drug-likeness (QED) is 0.573. The predicted molar refractivity (Wildman–Crippen MR) is 132 cm³/mol. The van der Waals surface area contributed by atoms with E-state index < -0.39 is 28.5 Å². The first-order valence-corrected chi connectivity index (χ1v) is 13.0. The normalized spacial score (nSPS) is 13.2. The second kappa shape index (κ2) is 11.3. The van der Waals surface area contributed by atoms with E-state index in [1.807, 2.05) is 64.1 Å². The number of carbonyl (C=O) groups is 2. The summed E-state index contributed by atoms with van der Waals surface area (Å²) in [5.41, 5.74) is 3.03. The second-order valence-electron chi connectivity index (χ2n) is 8.49. The highest BCUT2D eigenvalue weighted by Gasteiger charge is 2.31. The van der Waals surface area contributed by atoms with Crippen LogP contribution in [0, 0.1) is 13.8 Å². The Morgan fingerprint density at radius 2 is 1.64 bits per heavy atom. The molecule has 33 heavy (non-hydrogen) atoms. The number of benzene rings is 2. The van der Waals surface area contributed by atoms with E-state index in [2.05, 4.69) is 5.32 Å². The third-order valence-electron chi connectivity index (χ3n) is 5.89. The number of hydrogen-bond acceptors (Lipinski definition) is 4. The molecule has 0 aliphatic heterocycles. The number of anilines is 1. The fourth-order valence-corrected chi connectivity index (χ4v) is 4.33. The van der Waals surface area contributed by atoms with Gasteiger partial charge in [0.05, 0.1) is 11.9 Å². The number of nitrogens with zero attached hydrogens (tertiary/aromatic N) is 2. The SMILES string of the molecule is CCC(C)NC(=O)C(C)N(Cc1ccccc1)C(=O)CN(c1cccc(C)c1C)S(C)(=O)=O. The summed E-state index contributed by atoms with van der Waals surface area (Å²) < 4.78 is 26.5. The van der Waals surface area contributed by atoms with Gasteiger partial charge >= 0.3 is 0 Å². The van der Waals surface area contributed by atoms with Crippen molar-refractivity contribution in [3.63, 3.8) is 0 Å².